The number of nitrogens with one attached hydrogen (secondary N) is 1. The summed E-state index contributed by atoms with van der Waals surface area (Å²) in [6.07, 6.45) is 3.93. The molecule has 2 aromatic heterocycles. The van der Waals surface area contributed by atoms with Crippen LogP contribution in [0.3, 0.4) is 0 Å². The Morgan fingerprint density at radius 2 is 2.16 bits per heavy atom. The molecule has 19 heavy (non-hydrogen) atoms. The minimum atomic E-state index is 0.661. The molecular weight excluding hydrogens is 238 g/mol. The lowest BCUT2D eigenvalue weighted by Gasteiger charge is -2.19. The Morgan fingerprint density at radius 3 is 3.11 bits per heavy atom. The first-order chi connectivity index (χ1) is 9.42. The maximum Gasteiger partial charge on any atom is 0.229 e. The van der Waals surface area contributed by atoms with E-state index in [0.29, 0.717) is 11.5 Å². The summed E-state index contributed by atoms with van der Waals surface area (Å²) < 4.78 is 5.82. The van der Waals surface area contributed by atoms with Crippen LogP contribution in [-0.2, 0) is 6.42 Å². The van der Waals surface area contributed by atoms with E-state index in [0.717, 1.165) is 30.5 Å². The fraction of sp³-hybridized carbons (Fsp3) is 0.200. The number of anilines is 1. The number of hydrogen-bond acceptors (Lipinski definition) is 4. The van der Waals surface area contributed by atoms with Gasteiger partial charge in [-0.3, -0.25) is 0 Å². The molecule has 1 aromatic carbocycles. The van der Waals surface area contributed by atoms with Crippen molar-refractivity contribution < 1.29 is 4.42 Å². The normalized spacial score (nSPS) is 14.1. The first-order valence-electron chi connectivity index (χ1n) is 6.49. The highest BCUT2D eigenvalue weighted by Gasteiger charge is 2.17. The van der Waals surface area contributed by atoms with Crippen molar-refractivity contribution >= 4 is 16.9 Å². The number of fused-ring (bicyclic) bond motifs is 2. The van der Waals surface area contributed by atoms with Crippen LogP contribution < -0.4 is 5.32 Å². The lowest BCUT2D eigenvalue weighted by atomic mass is 9.97. The number of nitrogens with zero attached hydrogens (tertiary/aromatic N) is 2. The predicted octanol–water partition coefficient (Wildman–Crippen LogP) is 3.25. The van der Waals surface area contributed by atoms with Gasteiger partial charge in [0, 0.05) is 24.0 Å². The van der Waals surface area contributed by atoms with Crippen LogP contribution in [-0.4, -0.2) is 16.5 Å². The summed E-state index contributed by atoms with van der Waals surface area (Å²) in [5, 5.41) is 3.42. The quantitative estimate of drug-likeness (QED) is 0.721. The fourth-order valence-electron chi connectivity index (χ4n) is 2.59. The van der Waals surface area contributed by atoms with Gasteiger partial charge in [0.25, 0.3) is 0 Å². The van der Waals surface area contributed by atoms with Crippen LogP contribution >= 0.6 is 0 Å². The second-order valence-corrected chi connectivity index (χ2v) is 4.71. The summed E-state index contributed by atoms with van der Waals surface area (Å²) in [4.78, 5) is 8.70. The third-order valence-electron chi connectivity index (χ3n) is 3.49. The zero-order valence-corrected chi connectivity index (χ0v) is 10.4. The van der Waals surface area contributed by atoms with Crippen LogP contribution in [0.1, 0.15) is 12.0 Å². The molecule has 0 fully saturated rings. The molecule has 1 aliphatic rings. The standard InChI is InChI=1S/C15H13N3O/c1-4-11(10-5-2-8-16-12(10)6-1)15-18-14-13(19-15)7-3-9-17-14/h1,3-4,6-7,9,16H,2,5,8H2. The topological polar surface area (TPSA) is 51.0 Å². The number of aromatic nitrogens is 2. The van der Waals surface area contributed by atoms with E-state index in [9.17, 15) is 0 Å². The molecule has 0 radical (unpaired) electrons. The molecule has 3 heterocycles. The van der Waals surface area contributed by atoms with Crippen LogP contribution in [0.25, 0.3) is 22.7 Å². The van der Waals surface area contributed by atoms with Crippen molar-refractivity contribution in [1.82, 2.24) is 9.97 Å². The SMILES string of the molecule is c1cc2c(c(-c3nc4ncccc4o3)c1)CCCN2. The fourth-order valence-corrected chi connectivity index (χ4v) is 2.59. The van der Waals surface area contributed by atoms with Gasteiger partial charge in [-0.1, -0.05) is 6.07 Å². The van der Waals surface area contributed by atoms with Gasteiger partial charge in [0.1, 0.15) is 0 Å². The van der Waals surface area contributed by atoms with Gasteiger partial charge in [0.2, 0.25) is 5.89 Å². The van der Waals surface area contributed by atoms with Crippen molar-refractivity contribution in [2.24, 2.45) is 0 Å². The highest BCUT2D eigenvalue weighted by molar-refractivity contribution is 5.76. The van der Waals surface area contributed by atoms with E-state index in [-0.39, 0.29) is 0 Å². The van der Waals surface area contributed by atoms with Gasteiger partial charge in [-0.2, -0.15) is 4.98 Å². The number of pyridine rings is 1. The zero-order valence-electron chi connectivity index (χ0n) is 10.4. The van der Waals surface area contributed by atoms with Crippen molar-refractivity contribution in [3.05, 3.63) is 42.1 Å². The predicted molar refractivity (Wildman–Crippen MR) is 74.1 cm³/mol. The molecular formula is C15H13N3O. The largest absolute Gasteiger partial charge is 0.434 e. The van der Waals surface area contributed by atoms with Gasteiger partial charge < -0.3 is 9.73 Å². The Balaban J connectivity index is 1.92. The second kappa shape index (κ2) is 4.09. The van der Waals surface area contributed by atoms with Crippen LogP contribution in [0.15, 0.2) is 40.9 Å². The molecule has 1 N–H and O–H groups in total. The summed E-state index contributed by atoms with van der Waals surface area (Å²) in [6, 6.07) is 9.97. The first-order valence-corrected chi connectivity index (χ1v) is 6.49. The van der Waals surface area contributed by atoms with Crippen LogP contribution in [0.2, 0.25) is 0 Å². The lowest BCUT2D eigenvalue weighted by molar-refractivity contribution is 0.618. The Labute approximate surface area is 110 Å². The molecule has 0 aliphatic carbocycles. The first kappa shape index (κ1) is 10.6. The Kier molecular flexibility index (Phi) is 2.27. The highest BCUT2D eigenvalue weighted by Crippen LogP contribution is 2.33. The highest BCUT2D eigenvalue weighted by atomic mass is 16.3. The van der Waals surface area contributed by atoms with Gasteiger partial charge in [0.15, 0.2) is 11.2 Å². The van der Waals surface area contributed by atoms with Crippen molar-refractivity contribution in [3.8, 4) is 11.5 Å². The average Bonchev–Trinajstić information content (AvgIpc) is 2.90. The van der Waals surface area contributed by atoms with Gasteiger partial charge in [0.05, 0.1) is 0 Å². The van der Waals surface area contributed by atoms with Gasteiger partial charge >= 0.3 is 0 Å². The van der Waals surface area contributed by atoms with Crippen molar-refractivity contribution in [3.63, 3.8) is 0 Å². The monoisotopic (exact) mass is 251 g/mol. The minimum absolute atomic E-state index is 0.661. The number of benzene rings is 1. The van der Waals surface area contributed by atoms with Crippen LogP contribution in [0.5, 0.6) is 0 Å². The number of hydrogen-bond donors (Lipinski definition) is 1. The van der Waals surface area contributed by atoms with Gasteiger partial charge in [-0.15, -0.1) is 0 Å². The van der Waals surface area contributed by atoms with Crippen LogP contribution in [0, 0.1) is 0 Å². The van der Waals surface area contributed by atoms with Crippen molar-refractivity contribution in [1.29, 1.82) is 0 Å². The van der Waals surface area contributed by atoms with E-state index in [1.54, 1.807) is 6.20 Å². The third kappa shape index (κ3) is 1.68. The van der Waals surface area contributed by atoms with E-state index < -0.39 is 0 Å². The molecule has 0 amide bonds. The molecule has 0 spiro atoms. The molecule has 1 aliphatic heterocycles. The molecule has 94 valence electrons. The van der Waals surface area contributed by atoms with Gasteiger partial charge in [-0.05, 0) is 42.7 Å². The average molecular weight is 251 g/mol. The maximum atomic E-state index is 5.82. The molecule has 0 saturated heterocycles. The molecule has 0 unspecified atom stereocenters. The third-order valence-corrected chi connectivity index (χ3v) is 3.49. The van der Waals surface area contributed by atoms with Crippen molar-refractivity contribution in [2.45, 2.75) is 12.8 Å². The van der Waals surface area contributed by atoms with E-state index in [2.05, 4.69) is 27.4 Å². The summed E-state index contributed by atoms with van der Waals surface area (Å²) in [5.74, 6) is 0.661. The summed E-state index contributed by atoms with van der Waals surface area (Å²) >= 11 is 0. The molecule has 0 saturated carbocycles. The van der Waals surface area contributed by atoms with E-state index in [4.69, 9.17) is 4.42 Å². The molecule has 0 atom stereocenters. The number of oxazole rings is 1. The van der Waals surface area contributed by atoms with E-state index in [1.165, 1.54) is 11.3 Å². The van der Waals surface area contributed by atoms with Crippen molar-refractivity contribution in [2.75, 3.05) is 11.9 Å². The summed E-state index contributed by atoms with van der Waals surface area (Å²) in [7, 11) is 0. The molecule has 3 aromatic rings. The zero-order chi connectivity index (χ0) is 12.7. The second-order valence-electron chi connectivity index (χ2n) is 4.71. The Hall–Kier alpha value is -2.36. The molecule has 4 nitrogen and oxygen atoms in total. The minimum Gasteiger partial charge on any atom is -0.434 e. The lowest BCUT2D eigenvalue weighted by Crippen LogP contribution is -2.12. The number of rotatable bonds is 1. The maximum absolute atomic E-state index is 5.82. The molecule has 0 bridgehead atoms. The smallest absolute Gasteiger partial charge is 0.229 e. The summed E-state index contributed by atoms with van der Waals surface area (Å²) in [5.41, 5.74) is 4.96. The van der Waals surface area contributed by atoms with Gasteiger partial charge in [-0.25, -0.2) is 4.98 Å². The van der Waals surface area contributed by atoms with E-state index >= 15 is 0 Å². The molecule has 4 heteroatoms. The summed E-state index contributed by atoms with van der Waals surface area (Å²) in [6.45, 7) is 1.03. The Bertz CT molecular complexity index is 715. The van der Waals surface area contributed by atoms with Crippen LogP contribution in [0.4, 0.5) is 5.69 Å². The Morgan fingerprint density at radius 1 is 1.16 bits per heavy atom. The molecule has 4 rings (SSSR count). The van der Waals surface area contributed by atoms with E-state index in [1.807, 2.05) is 18.2 Å².